The molecule has 0 saturated carbocycles. The number of rotatable bonds is 5. The van der Waals surface area contributed by atoms with Gasteiger partial charge in [-0.15, -0.1) is 0 Å². The van der Waals surface area contributed by atoms with E-state index in [0.29, 0.717) is 5.76 Å². The first-order valence-electron chi connectivity index (χ1n) is 4.18. The first-order chi connectivity index (χ1) is 7.09. The monoisotopic (exact) mass is 210 g/mol. The molecule has 0 spiro atoms. The molecule has 5 heteroatoms. The number of esters is 1. The largest absolute Gasteiger partial charge is 0.478 e. The van der Waals surface area contributed by atoms with Crippen LogP contribution in [0.15, 0.2) is 35.0 Å². The minimum Gasteiger partial charge on any atom is -0.478 e. The summed E-state index contributed by atoms with van der Waals surface area (Å²) in [6, 6.07) is 3.32. The van der Waals surface area contributed by atoms with Crippen molar-refractivity contribution in [2.75, 3.05) is 0 Å². The molecule has 1 rings (SSSR count). The molecule has 0 amide bonds. The number of aliphatic carboxylic acids is 1. The molecule has 0 aliphatic rings. The highest BCUT2D eigenvalue weighted by atomic mass is 16.5. The van der Waals surface area contributed by atoms with E-state index in [0.717, 1.165) is 0 Å². The molecule has 0 saturated heterocycles. The summed E-state index contributed by atoms with van der Waals surface area (Å²) in [7, 11) is 0. The molecule has 0 unspecified atom stereocenters. The second kappa shape index (κ2) is 4.99. The number of furan rings is 1. The third kappa shape index (κ3) is 3.68. The fourth-order valence-corrected chi connectivity index (χ4v) is 0.847. The molecule has 0 radical (unpaired) electrons. The van der Waals surface area contributed by atoms with E-state index in [-0.39, 0.29) is 18.6 Å². The zero-order valence-electron chi connectivity index (χ0n) is 7.93. The normalized spacial score (nSPS) is 9.60. The van der Waals surface area contributed by atoms with Gasteiger partial charge in [-0.1, -0.05) is 6.58 Å². The van der Waals surface area contributed by atoms with Crippen LogP contribution in [-0.2, 0) is 20.9 Å². The predicted octanol–water partition coefficient (Wildman–Crippen LogP) is 1.35. The Bertz CT molecular complexity index is 363. The van der Waals surface area contributed by atoms with E-state index in [1.54, 1.807) is 12.1 Å². The zero-order valence-corrected chi connectivity index (χ0v) is 7.93. The highest BCUT2D eigenvalue weighted by Crippen LogP contribution is 2.05. The molecule has 1 heterocycles. The maximum atomic E-state index is 11.1. The van der Waals surface area contributed by atoms with Gasteiger partial charge in [0.15, 0.2) is 0 Å². The van der Waals surface area contributed by atoms with E-state index in [2.05, 4.69) is 6.58 Å². The van der Waals surface area contributed by atoms with Crippen molar-refractivity contribution in [2.45, 2.75) is 13.0 Å². The quantitative estimate of drug-likeness (QED) is 0.586. The van der Waals surface area contributed by atoms with Gasteiger partial charge in [0.1, 0.15) is 12.4 Å². The minimum atomic E-state index is -1.20. The molecule has 5 nitrogen and oxygen atoms in total. The highest BCUT2D eigenvalue weighted by molar-refractivity contribution is 5.91. The van der Waals surface area contributed by atoms with Crippen molar-refractivity contribution in [2.24, 2.45) is 0 Å². The van der Waals surface area contributed by atoms with E-state index < -0.39 is 11.9 Å². The zero-order chi connectivity index (χ0) is 11.3. The van der Waals surface area contributed by atoms with Crippen molar-refractivity contribution in [1.82, 2.24) is 0 Å². The van der Waals surface area contributed by atoms with Gasteiger partial charge in [-0.3, -0.25) is 4.79 Å². The van der Waals surface area contributed by atoms with Gasteiger partial charge < -0.3 is 14.3 Å². The van der Waals surface area contributed by atoms with Crippen LogP contribution in [-0.4, -0.2) is 17.0 Å². The average Bonchev–Trinajstić information content (AvgIpc) is 2.66. The number of carboxylic acids is 1. The second-order valence-corrected chi connectivity index (χ2v) is 2.83. The summed E-state index contributed by atoms with van der Waals surface area (Å²) in [5.41, 5.74) is -0.195. The summed E-state index contributed by atoms with van der Waals surface area (Å²) >= 11 is 0. The van der Waals surface area contributed by atoms with Crippen LogP contribution in [0.5, 0.6) is 0 Å². The molecule has 0 aliphatic carbocycles. The van der Waals surface area contributed by atoms with E-state index in [4.69, 9.17) is 14.3 Å². The lowest BCUT2D eigenvalue weighted by Gasteiger charge is -2.02. The van der Waals surface area contributed by atoms with Crippen LogP contribution in [0.3, 0.4) is 0 Å². The molecule has 80 valence electrons. The van der Waals surface area contributed by atoms with Crippen LogP contribution in [0.4, 0.5) is 0 Å². The van der Waals surface area contributed by atoms with Crippen molar-refractivity contribution in [3.05, 3.63) is 36.3 Å². The van der Waals surface area contributed by atoms with Gasteiger partial charge in [-0.05, 0) is 12.1 Å². The Morgan fingerprint density at radius 3 is 2.80 bits per heavy atom. The van der Waals surface area contributed by atoms with E-state index in [1.807, 2.05) is 0 Å². The van der Waals surface area contributed by atoms with Gasteiger partial charge in [-0.25, -0.2) is 4.79 Å². The Balaban J connectivity index is 2.31. The van der Waals surface area contributed by atoms with Gasteiger partial charge in [0.25, 0.3) is 0 Å². The average molecular weight is 210 g/mol. The molecule has 1 aromatic heterocycles. The molecule has 0 aliphatic heterocycles. The van der Waals surface area contributed by atoms with Crippen LogP contribution >= 0.6 is 0 Å². The summed E-state index contributed by atoms with van der Waals surface area (Å²) in [6.07, 6.45) is 1.13. The van der Waals surface area contributed by atoms with Crippen LogP contribution < -0.4 is 0 Å². The second-order valence-electron chi connectivity index (χ2n) is 2.83. The third-order valence-corrected chi connectivity index (χ3v) is 1.62. The summed E-state index contributed by atoms with van der Waals surface area (Å²) in [4.78, 5) is 21.4. The number of carbonyl (C=O) groups is 2. The van der Waals surface area contributed by atoms with Crippen molar-refractivity contribution >= 4 is 11.9 Å². The Labute approximate surface area is 86.0 Å². The van der Waals surface area contributed by atoms with Crippen molar-refractivity contribution < 1.29 is 23.8 Å². The summed E-state index contributed by atoms with van der Waals surface area (Å²) < 4.78 is 9.67. The van der Waals surface area contributed by atoms with Crippen LogP contribution in [0.25, 0.3) is 0 Å². The number of hydrogen-bond acceptors (Lipinski definition) is 4. The standard InChI is InChI=1S/C10H10O5/c1-7(10(12)13)5-9(11)15-6-8-3-2-4-14-8/h2-4H,1,5-6H2,(H,12,13). The minimum absolute atomic E-state index is 0.00126. The van der Waals surface area contributed by atoms with Gasteiger partial charge in [0, 0.05) is 5.57 Å². The molecule has 1 N–H and O–H groups in total. The smallest absolute Gasteiger partial charge is 0.331 e. The van der Waals surface area contributed by atoms with Gasteiger partial charge in [-0.2, -0.15) is 0 Å². The van der Waals surface area contributed by atoms with Crippen LogP contribution in [0.1, 0.15) is 12.2 Å². The van der Waals surface area contributed by atoms with Crippen LogP contribution in [0.2, 0.25) is 0 Å². The van der Waals surface area contributed by atoms with Gasteiger partial charge >= 0.3 is 11.9 Å². The maximum absolute atomic E-state index is 11.1. The van der Waals surface area contributed by atoms with E-state index in [9.17, 15) is 9.59 Å². The fraction of sp³-hybridized carbons (Fsp3) is 0.200. The van der Waals surface area contributed by atoms with Crippen LogP contribution in [0, 0.1) is 0 Å². The highest BCUT2D eigenvalue weighted by Gasteiger charge is 2.11. The lowest BCUT2D eigenvalue weighted by Crippen LogP contribution is -2.09. The molecule has 0 bridgehead atoms. The number of ether oxygens (including phenoxy) is 1. The van der Waals surface area contributed by atoms with Crippen molar-refractivity contribution in [3.8, 4) is 0 Å². The lowest BCUT2D eigenvalue weighted by molar-refractivity contribution is -0.146. The molecule has 0 aromatic carbocycles. The fourth-order valence-electron chi connectivity index (χ4n) is 0.847. The Kier molecular flexibility index (Phi) is 3.68. The molecule has 1 aromatic rings. The molecule has 0 atom stereocenters. The molecular formula is C10H10O5. The lowest BCUT2D eigenvalue weighted by atomic mass is 10.2. The van der Waals surface area contributed by atoms with Gasteiger partial charge in [0.05, 0.1) is 12.7 Å². The molecule has 0 fully saturated rings. The summed E-state index contributed by atoms with van der Waals surface area (Å²) in [6.45, 7) is 3.21. The number of hydrogen-bond donors (Lipinski definition) is 1. The van der Waals surface area contributed by atoms with Gasteiger partial charge in [0.2, 0.25) is 0 Å². The summed E-state index contributed by atoms with van der Waals surface area (Å²) in [5.74, 6) is -1.34. The van der Waals surface area contributed by atoms with E-state index >= 15 is 0 Å². The van der Waals surface area contributed by atoms with E-state index in [1.165, 1.54) is 6.26 Å². The third-order valence-electron chi connectivity index (χ3n) is 1.62. The van der Waals surface area contributed by atoms with Crippen molar-refractivity contribution in [1.29, 1.82) is 0 Å². The predicted molar refractivity (Wildman–Crippen MR) is 49.9 cm³/mol. The number of carbonyl (C=O) groups excluding carboxylic acids is 1. The first kappa shape index (κ1) is 11.0. The SMILES string of the molecule is C=C(CC(=O)OCc1ccco1)C(=O)O. The Morgan fingerprint density at radius 2 is 2.27 bits per heavy atom. The Hall–Kier alpha value is -2.04. The van der Waals surface area contributed by atoms with Crippen molar-refractivity contribution in [3.63, 3.8) is 0 Å². The first-order valence-corrected chi connectivity index (χ1v) is 4.18. The Morgan fingerprint density at radius 1 is 1.53 bits per heavy atom. The summed E-state index contributed by atoms with van der Waals surface area (Å²) in [5, 5.41) is 8.46. The molecule has 15 heavy (non-hydrogen) atoms. The molecular weight excluding hydrogens is 200 g/mol. The topological polar surface area (TPSA) is 76.7 Å². The maximum Gasteiger partial charge on any atom is 0.331 e. The number of carboxylic acid groups (broad SMARTS) is 1.